The van der Waals surface area contributed by atoms with Gasteiger partial charge in [-0.1, -0.05) is 29.8 Å². The molecule has 6 nitrogen and oxygen atoms in total. The van der Waals surface area contributed by atoms with Crippen molar-refractivity contribution in [1.82, 2.24) is 19.7 Å². The second-order valence-electron chi connectivity index (χ2n) is 5.75. The Labute approximate surface area is 141 Å². The first-order chi connectivity index (χ1) is 12.0. The molecule has 0 spiro atoms. The summed E-state index contributed by atoms with van der Waals surface area (Å²) in [7, 11) is 0. The normalized spacial score (nSPS) is 11.1. The highest BCUT2D eigenvalue weighted by atomic mass is 19.1. The molecule has 0 saturated carbocycles. The van der Waals surface area contributed by atoms with Gasteiger partial charge in [-0.2, -0.15) is 5.10 Å². The molecule has 0 saturated heterocycles. The molecule has 0 aliphatic heterocycles. The minimum Gasteiger partial charge on any atom is -0.381 e. The fourth-order valence-electron chi connectivity index (χ4n) is 2.73. The van der Waals surface area contributed by atoms with E-state index in [4.69, 9.17) is 5.73 Å². The molecule has 0 unspecified atom stereocenters. The number of nitrogens with two attached hydrogens (primary N) is 1. The topological polar surface area (TPSA) is 89.6 Å². The number of hydrogen-bond donors (Lipinski definition) is 2. The smallest absolute Gasteiger partial charge is 0.271 e. The number of aromatic nitrogens is 4. The van der Waals surface area contributed by atoms with E-state index in [1.54, 1.807) is 0 Å². The molecule has 0 atom stereocenters. The maximum absolute atomic E-state index is 13.3. The van der Waals surface area contributed by atoms with Gasteiger partial charge in [-0.05, 0) is 31.2 Å². The van der Waals surface area contributed by atoms with Crippen LogP contribution in [0.5, 0.6) is 0 Å². The van der Waals surface area contributed by atoms with E-state index in [1.807, 2.05) is 31.2 Å². The molecule has 0 radical (unpaired) electrons. The van der Waals surface area contributed by atoms with Gasteiger partial charge in [0.25, 0.3) is 5.56 Å². The van der Waals surface area contributed by atoms with E-state index in [0.717, 1.165) is 11.1 Å². The molecule has 4 aromatic rings. The Balaban J connectivity index is 2.09. The summed E-state index contributed by atoms with van der Waals surface area (Å²) < 4.78 is 14.7. The second-order valence-corrected chi connectivity index (χ2v) is 5.75. The Hall–Kier alpha value is -3.48. The van der Waals surface area contributed by atoms with Gasteiger partial charge in [-0.3, -0.25) is 14.5 Å². The van der Waals surface area contributed by atoms with Crippen molar-refractivity contribution in [2.75, 3.05) is 5.73 Å². The Morgan fingerprint density at radius 3 is 2.44 bits per heavy atom. The lowest BCUT2D eigenvalue weighted by Crippen LogP contribution is -2.22. The SMILES string of the molecule is Cc1ccc(-c2nc3[nH]nc(N)c3c(=O)n2-c2ccc(F)cc2)cc1. The lowest BCUT2D eigenvalue weighted by Gasteiger charge is -2.13. The largest absolute Gasteiger partial charge is 0.381 e. The quantitative estimate of drug-likeness (QED) is 0.589. The number of nitrogens with zero attached hydrogens (tertiary/aromatic N) is 3. The predicted molar refractivity (Wildman–Crippen MR) is 94.0 cm³/mol. The number of nitrogens with one attached hydrogen (secondary N) is 1. The van der Waals surface area contributed by atoms with E-state index in [1.165, 1.54) is 28.8 Å². The molecule has 25 heavy (non-hydrogen) atoms. The lowest BCUT2D eigenvalue weighted by atomic mass is 10.1. The Morgan fingerprint density at radius 2 is 1.76 bits per heavy atom. The molecule has 4 rings (SSSR count). The number of nitrogen functional groups attached to an aromatic ring is 1. The van der Waals surface area contributed by atoms with Crippen LogP contribution in [0.15, 0.2) is 53.3 Å². The highest BCUT2D eigenvalue weighted by molar-refractivity contribution is 5.86. The van der Waals surface area contributed by atoms with E-state index in [-0.39, 0.29) is 22.6 Å². The van der Waals surface area contributed by atoms with Crippen molar-refractivity contribution < 1.29 is 4.39 Å². The van der Waals surface area contributed by atoms with Crippen LogP contribution >= 0.6 is 0 Å². The lowest BCUT2D eigenvalue weighted by molar-refractivity contribution is 0.627. The predicted octanol–water partition coefficient (Wildman–Crippen LogP) is 2.81. The molecule has 3 N–H and O–H groups in total. The summed E-state index contributed by atoms with van der Waals surface area (Å²) >= 11 is 0. The van der Waals surface area contributed by atoms with E-state index >= 15 is 0 Å². The average Bonchev–Trinajstić information content (AvgIpc) is 2.98. The summed E-state index contributed by atoms with van der Waals surface area (Å²) in [5, 5.41) is 6.76. The average molecular weight is 335 g/mol. The van der Waals surface area contributed by atoms with Gasteiger partial charge in [-0.25, -0.2) is 9.37 Å². The van der Waals surface area contributed by atoms with Crippen molar-refractivity contribution in [3.05, 3.63) is 70.3 Å². The van der Waals surface area contributed by atoms with Crippen molar-refractivity contribution in [3.63, 3.8) is 0 Å². The van der Waals surface area contributed by atoms with Crippen molar-refractivity contribution in [3.8, 4) is 17.1 Å². The van der Waals surface area contributed by atoms with Gasteiger partial charge in [0.1, 0.15) is 17.0 Å². The minimum absolute atomic E-state index is 0.0822. The molecule has 2 heterocycles. The van der Waals surface area contributed by atoms with Crippen LogP contribution in [0.25, 0.3) is 28.1 Å². The Bertz CT molecular complexity index is 1130. The van der Waals surface area contributed by atoms with E-state index < -0.39 is 0 Å². The standard InChI is InChI=1S/C18H14FN5O/c1-10-2-4-11(5-3-10)17-21-16-14(15(20)22-23-16)18(25)24(17)13-8-6-12(19)7-9-13/h2-9H,1H3,(H3,20,22,23). The summed E-state index contributed by atoms with van der Waals surface area (Å²) in [4.78, 5) is 17.6. The zero-order valence-electron chi connectivity index (χ0n) is 13.3. The molecule has 0 aliphatic carbocycles. The Kier molecular flexibility index (Phi) is 3.35. The second kappa shape index (κ2) is 5.55. The number of hydrogen-bond acceptors (Lipinski definition) is 4. The number of halogens is 1. The summed E-state index contributed by atoms with van der Waals surface area (Å²) in [6, 6.07) is 13.3. The maximum Gasteiger partial charge on any atom is 0.271 e. The summed E-state index contributed by atoms with van der Waals surface area (Å²) in [6.07, 6.45) is 0. The van der Waals surface area contributed by atoms with Crippen LogP contribution in [0.2, 0.25) is 0 Å². The third-order valence-corrected chi connectivity index (χ3v) is 4.02. The van der Waals surface area contributed by atoms with Crippen LogP contribution in [-0.4, -0.2) is 19.7 Å². The van der Waals surface area contributed by atoms with Crippen molar-refractivity contribution in [2.45, 2.75) is 6.92 Å². The van der Waals surface area contributed by atoms with E-state index in [9.17, 15) is 9.18 Å². The number of aryl methyl sites for hydroxylation is 1. The highest BCUT2D eigenvalue weighted by Crippen LogP contribution is 2.23. The van der Waals surface area contributed by atoms with Crippen LogP contribution in [-0.2, 0) is 0 Å². The van der Waals surface area contributed by atoms with Gasteiger partial charge in [0.2, 0.25) is 0 Å². The van der Waals surface area contributed by atoms with Crippen molar-refractivity contribution in [1.29, 1.82) is 0 Å². The van der Waals surface area contributed by atoms with E-state index in [2.05, 4.69) is 15.2 Å². The first-order valence-corrected chi connectivity index (χ1v) is 7.64. The monoisotopic (exact) mass is 335 g/mol. The highest BCUT2D eigenvalue weighted by Gasteiger charge is 2.18. The van der Waals surface area contributed by atoms with Gasteiger partial charge in [0.05, 0.1) is 5.69 Å². The molecule has 0 aliphatic rings. The molecule has 0 amide bonds. The maximum atomic E-state index is 13.3. The number of aromatic amines is 1. The molecular formula is C18H14FN5O. The molecule has 0 fully saturated rings. The molecule has 124 valence electrons. The van der Waals surface area contributed by atoms with Crippen LogP contribution < -0.4 is 11.3 Å². The van der Waals surface area contributed by atoms with Crippen LogP contribution in [0.4, 0.5) is 10.2 Å². The molecule has 7 heteroatoms. The summed E-state index contributed by atoms with van der Waals surface area (Å²) in [5.41, 5.74) is 8.09. The number of fused-ring (bicyclic) bond motifs is 1. The third kappa shape index (κ3) is 2.46. The summed E-state index contributed by atoms with van der Waals surface area (Å²) in [6.45, 7) is 1.98. The first-order valence-electron chi connectivity index (χ1n) is 7.64. The van der Waals surface area contributed by atoms with Gasteiger partial charge < -0.3 is 5.73 Å². The fourth-order valence-corrected chi connectivity index (χ4v) is 2.73. The van der Waals surface area contributed by atoms with E-state index in [0.29, 0.717) is 17.2 Å². The zero-order chi connectivity index (χ0) is 17.6. The van der Waals surface area contributed by atoms with Crippen molar-refractivity contribution in [2.24, 2.45) is 0 Å². The fraction of sp³-hybridized carbons (Fsp3) is 0.0556. The third-order valence-electron chi connectivity index (χ3n) is 4.02. The minimum atomic E-state index is -0.384. The number of anilines is 1. The number of benzene rings is 2. The Morgan fingerprint density at radius 1 is 1.08 bits per heavy atom. The molecule has 0 bridgehead atoms. The summed E-state index contributed by atoms with van der Waals surface area (Å²) in [5.74, 6) is 0.122. The number of rotatable bonds is 2. The van der Waals surface area contributed by atoms with Gasteiger partial charge >= 0.3 is 0 Å². The van der Waals surface area contributed by atoms with Crippen LogP contribution in [0, 0.1) is 12.7 Å². The first kappa shape index (κ1) is 15.1. The van der Waals surface area contributed by atoms with Gasteiger partial charge in [0, 0.05) is 5.56 Å². The van der Waals surface area contributed by atoms with Gasteiger partial charge in [-0.15, -0.1) is 0 Å². The zero-order valence-corrected chi connectivity index (χ0v) is 13.3. The van der Waals surface area contributed by atoms with Crippen LogP contribution in [0.3, 0.4) is 0 Å². The molecular weight excluding hydrogens is 321 g/mol. The van der Waals surface area contributed by atoms with Crippen molar-refractivity contribution >= 4 is 16.9 Å². The molecule has 2 aromatic carbocycles. The van der Waals surface area contributed by atoms with Gasteiger partial charge in [0.15, 0.2) is 11.5 Å². The molecule has 2 aromatic heterocycles. The number of H-pyrrole nitrogens is 1. The van der Waals surface area contributed by atoms with Crippen LogP contribution in [0.1, 0.15) is 5.56 Å².